The zero-order chi connectivity index (χ0) is 23.8. The van der Waals surface area contributed by atoms with E-state index in [0.717, 1.165) is 5.56 Å². The third-order valence-electron chi connectivity index (χ3n) is 4.83. The van der Waals surface area contributed by atoms with E-state index in [0.29, 0.717) is 10.8 Å². The Labute approximate surface area is 198 Å². The molecule has 0 aliphatic carbocycles. The number of nitrogens with zero attached hydrogens (tertiary/aromatic N) is 1. The van der Waals surface area contributed by atoms with E-state index in [1.54, 1.807) is 24.3 Å². The van der Waals surface area contributed by atoms with Crippen LogP contribution < -0.4 is 14.8 Å². The third kappa shape index (κ3) is 6.47. The van der Waals surface area contributed by atoms with Crippen molar-refractivity contribution in [3.05, 3.63) is 88.9 Å². The molecule has 0 aliphatic rings. The van der Waals surface area contributed by atoms with Crippen molar-refractivity contribution in [2.75, 3.05) is 27.3 Å². The SMILES string of the molecule is COc1ccc(C(=O)NCCOc2ccc(Cl)cc2)cc1S(=O)(=O)N(C)Cc1ccccc1. The van der Waals surface area contributed by atoms with E-state index in [9.17, 15) is 13.2 Å². The van der Waals surface area contributed by atoms with E-state index in [2.05, 4.69) is 5.32 Å². The summed E-state index contributed by atoms with van der Waals surface area (Å²) in [6.07, 6.45) is 0. The van der Waals surface area contributed by atoms with Crippen LogP contribution in [0.2, 0.25) is 5.02 Å². The molecule has 0 atom stereocenters. The van der Waals surface area contributed by atoms with Crippen LogP contribution in [0, 0.1) is 0 Å². The lowest BCUT2D eigenvalue weighted by atomic mass is 10.2. The lowest BCUT2D eigenvalue weighted by molar-refractivity contribution is 0.0946. The Bertz CT molecular complexity index is 1190. The Hall–Kier alpha value is -3.07. The van der Waals surface area contributed by atoms with Crippen LogP contribution in [0.3, 0.4) is 0 Å². The molecule has 0 bridgehead atoms. The second-order valence-electron chi connectivity index (χ2n) is 7.17. The average molecular weight is 489 g/mol. The summed E-state index contributed by atoms with van der Waals surface area (Å²) < 4.78 is 38.5. The zero-order valence-corrected chi connectivity index (χ0v) is 19.9. The van der Waals surface area contributed by atoms with Gasteiger partial charge in [0.05, 0.1) is 13.7 Å². The van der Waals surface area contributed by atoms with Crippen molar-refractivity contribution >= 4 is 27.5 Å². The summed E-state index contributed by atoms with van der Waals surface area (Å²) in [6.45, 7) is 0.669. The van der Waals surface area contributed by atoms with Gasteiger partial charge in [0.2, 0.25) is 10.0 Å². The maximum atomic E-state index is 13.2. The lowest BCUT2D eigenvalue weighted by Crippen LogP contribution is -2.29. The van der Waals surface area contributed by atoms with Crippen LogP contribution in [0.15, 0.2) is 77.7 Å². The van der Waals surface area contributed by atoms with Crippen LogP contribution in [0.4, 0.5) is 0 Å². The Morgan fingerprint density at radius 2 is 1.73 bits per heavy atom. The molecule has 0 fully saturated rings. The predicted octanol–water partition coefficient (Wildman–Crippen LogP) is 3.98. The van der Waals surface area contributed by atoms with E-state index in [1.165, 1.54) is 36.7 Å². The van der Waals surface area contributed by atoms with E-state index >= 15 is 0 Å². The van der Waals surface area contributed by atoms with Crippen LogP contribution in [0.5, 0.6) is 11.5 Å². The first kappa shape index (κ1) is 24.6. The van der Waals surface area contributed by atoms with Gasteiger partial charge in [0, 0.05) is 24.2 Å². The highest BCUT2D eigenvalue weighted by Crippen LogP contribution is 2.28. The summed E-state index contributed by atoms with van der Waals surface area (Å²) in [5, 5.41) is 3.33. The Balaban J connectivity index is 1.68. The summed E-state index contributed by atoms with van der Waals surface area (Å²) in [5.41, 5.74) is 1.05. The summed E-state index contributed by atoms with van der Waals surface area (Å²) in [4.78, 5) is 12.5. The minimum absolute atomic E-state index is 0.0755. The number of rotatable bonds is 10. The number of benzene rings is 3. The quantitative estimate of drug-likeness (QED) is 0.436. The van der Waals surface area contributed by atoms with Gasteiger partial charge in [0.25, 0.3) is 5.91 Å². The fourth-order valence-electron chi connectivity index (χ4n) is 3.08. The maximum Gasteiger partial charge on any atom is 0.251 e. The number of amides is 1. The van der Waals surface area contributed by atoms with E-state index < -0.39 is 15.9 Å². The molecular weight excluding hydrogens is 464 g/mol. The minimum Gasteiger partial charge on any atom is -0.495 e. The fourth-order valence-corrected chi connectivity index (χ4v) is 4.54. The maximum absolute atomic E-state index is 13.2. The molecular formula is C24H25ClN2O5S. The number of methoxy groups -OCH3 is 1. The van der Waals surface area contributed by atoms with Gasteiger partial charge in [-0.15, -0.1) is 0 Å². The summed E-state index contributed by atoms with van der Waals surface area (Å²) >= 11 is 5.84. The highest BCUT2D eigenvalue weighted by molar-refractivity contribution is 7.89. The van der Waals surface area contributed by atoms with Crippen LogP contribution in [0.25, 0.3) is 0 Å². The Kier molecular flexibility index (Phi) is 8.32. The number of nitrogens with one attached hydrogen (secondary N) is 1. The fraction of sp³-hybridized carbons (Fsp3) is 0.208. The van der Waals surface area contributed by atoms with Crippen LogP contribution in [-0.4, -0.2) is 45.9 Å². The molecule has 0 aromatic heterocycles. The molecule has 0 saturated carbocycles. The molecule has 0 heterocycles. The van der Waals surface area contributed by atoms with Crippen molar-refractivity contribution in [1.29, 1.82) is 0 Å². The first-order valence-corrected chi connectivity index (χ1v) is 12.0. The standard InChI is InChI=1S/C24H25ClN2O5S/c1-27(17-18-6-4-3-5-7-18)33(29,30)23-16-19(8-13-22(23)31-2)24(28)26-14-15-32-21-11-9-20(25)10-12-21/h3-13,16H,14-15,17H2,1-2H3,(H,26,28). The van der Waals surface area contributed by atoms with Gasteiger partial charge in [-0.1, -0.05) is 41.9 Å². The molecule has 3 aromatic carbocycles. The average Bonchev–Trinajstić information content (AvgIpc) is 2.83. The van der Waals surface area contributed by atoms with Crippen LogP contribution in [0.1, 0.15) is 15.9 Å². The number of sulfonamides is 1. The second-order valence-corrected chi connectivity index (χ2v) is 9.62. The number of ether oxygens (including phenoxy) is 2. The second kappa shape index (κ2) is 11.2. The molecule has 9 heteroatoms. The first-order chi connectivity index (χ1) is 15.8. The van der Waals surface area contributed by atoms with E-state index in [4.69, 9.17) is 21.1 Å². The van der Waals surface area contributed by atoms with Gasteiger partial charge in [-0.3, -0.25) is 4.79 Å². The smallest absolute Gasteiger partial charge is 0.251 e. The van der Waals surface area contributed by atoms with Gasteiger partial charge >= 0.3 is 0 Å². The first-order valence-electron chi connectivity index (χ1n) is 10.2. The normalized spacial score (nSPS) is 11.3. The Morgan fingerprint density at radius 3 is 2.39 bits per heavy atom. The third-order valence-corrected chi connectivity index (χ3v) is 6.91. The molecule has 3 rings (SSSR count). The molecule has 1 N–H and O–H groups in total. The minimum atomic E-state index is -3.91. The molecule has 0 aliphatic heterocycles. The molecule has 1 amide bonds. The highest BCUT2D eigenvalue weighted by atomic mass is 35.5. The molecule has 7 nitrogen and oxygen atoms in total. The topological polar surface area (TPSA) is 84.9 Å². The molecule has 3 aromatic rings. The van der Waals surface area contributed by atoms with Crippen molar-refractivity contribution in [1.82, 2.24) is 9.62 Å². The molecule has 174 valence electrons. The number of carbonyl (C=O) groups is 1. The number of carbonyl (C=O) groups excluding carboxylic acids is 1. The van der Waals surface area contributed by atoms with Crippen molar-refractivity contribution in [2.24, 2.45) is 0 Å². The van der Waals surface area contributed by atoms with E-state index in [-0.39, 0.29) is 35.9 Å². The molecule has 0 unspecified atom stereocenters. The molecule has 0 saturated heterocycles. The van der Waals surface area contributed by atoms with E-state index in [1.807, 2.05) is 30.3 Å². The molecule has 0 spiro atoms. The molecule has 0 radical (unpaired) electrons. The monoisotopic (exact) mass is 488 g/mol. The van der Waals surface area contributed by atoms with Crippen molar-refractivity contribution in [2.45, 2.75) is 11.4 Å². The highest BCUT2D eigenvalue weighted by Gasteiger charge is 2.26. The van der Waals surface area contributed by atoms with Crippen molar-refractivity contribution in [3.8, 4) is 11.5 Å². The number of hydrogen-bond acceptors (Lipinski definition) is 5. The number of halogens is 1. The summed E-state index contributed by atoms with van der Waals surface area (Å²) in [7, 11) is -1.03. The van der Waals surface area contributed by atoms with Gasteiger partial charge in [-0.2, -0.15) is 4.31 Å². The van der Waals surface area contributed by atoms with Crippen LogP contribution in [-0.2, 0) is 16.6 Å². The summed E-state index contributed by atoms with van der Waals surface area (Å²) in [6, 6.07) is 20.5. The van der Waals surface area contributed by atoms with Gasteiger partial charge in [-0.25, -0.2) is 8.42 Å². The Morgan fingerprint density at radius 1 is 1.03 bits per heavy atom. The van der Waals surface area contributed by atoms with Gasteiger partial charge < -0.3 is 14.8 Å². The lowest BCUT2D eigenvalue weighted by Gasteiger charge is -2.19. The largest absolute Gasteiger partial charge is 0.495 e. The van der Waals surface area contributed by atoms with Gasteiger partial charge in [-0.05, 0) is 48.0 Å². The molecule has 33 heavy (non-hydrogen) atoms. The van der Waals surface area contributed by atoms with Crippen LogP contribution >= 0.6 is 11.6 Å². The van der Waals surface area contributed by atoms with Gasteiger partial charge in [0.15, 0.2) is 0 Å². The zero-order valence-electron chi connectivity index (χ0n) is 18.3. The predicted molar refractivity (Wildman–Crippen MR) is 127 cm³/mol. The van der Waals surface area contributed by atoms with Crippen molar-refractivity contribution < 1.29 is 22.7 Å². The summed E-state index contributed by atoms with van der Waals surface area (Å²) in [5.74, 6) is 0.380. The van der Waals surface area contributed by atoms with Crippen molar-refractivity contribution in [3.63, 3.8) is 0 Å². The van der Waals surface area contributed by atoms with Gasteiger partial charge in [0.1, 0.15) is 23.0 Å². The number of hydrogen-bond donors (Lipinski definition) is 1.